The van der Waals surface area contributed by atoms with Gasteiger partial charge in [0.2, 0.25) is 5.84 Å². The van der Waals surface area contributed by atoms with Gasteiger partial charge in [0.25, 0.3) is 5.97 Å². The number of carbonyl (C=O) groups excluding carboxylic acids is 9. The number of halogens is 3. The summed E-state index contributed by atoms with van der Waals surface area (Å²) < 4.78 is 39.3. The number of amides is 2. The third-order valence-electron chi connectivity index (χ3n) is 14.4. The van der Waals surface area contributed by atoms with Crippen LogP contribution in [0.15, 0.2) is 175 Å². The van der Waals surface area contributed by atoms with Crippen LogP contribution in [0.1, 0.15) is 243 Å². The summed E-state index contributed by atoms with van der Waals surface area (Å²) in [5.74, 6) is -3.55. The molecule has 730 valence electrons. The molecule has 5 aromatic carbocycles. The second-order valence-corrected chi connectivity index (χ2v) is 34.2. The maximum Gasteiger partial charge on any atom is 0.519 e. The Hall–Kier alpha value is -11.0. The summed E-state index contributed by atoms with van der Waals surface area (Å²) in [7, 11) is 0. The average Bonchev–Trinajstić information content (AvgIpc) is 1.72. The molecule has 7 aromatic rings. The molecular formula is C94H140ClI2N11O23. The number of carboxylic acids is 3. The monoisotopic (exact) mass is 2080 g/mol. The fourth-order valence-corrected chi connectivity index (χ4v) is 9.04. The number of H-pyrrole nitrogens is 2. The number of hydrogen-bond donors (Lipinski definition) is 11. The van der Waals surface area contributed by atoms with Crippen LogP contribution in [0.3, 0.4) is 0 Å². The van der Waals surface area contributed by atoms with Gasteiger partial charge in [-0.15, -0.1) is 11.6 Å². The first kappa shape index (κ1) is 128. The van der Waals surface area contributed by atoms with Gasteiger partial charge in [0, 0.05) is 60.8 Å². The van der Waals surface area contributed by atoms with Crippen LogP contribution in [0.4, 0.5) is 19.2 Å². The molecule has 6 atom stereocenters. The predicted octanol–water partition coefficient (Wildman–Crippen LogP) is 19.4. The number of carbonyl (C=O) groups is 12. The fourth-order valence-electron chi connectivity index (χ4n) is 8.89. The highest BCUT2D eigenvalue weighted by Crippen LogP contribution is 2.23. The molecule has 2 amide bonds. The summed E-state index contributed by atoms with van der Waals surface area (Å²) in [5, 5.41) is 31.3. The molecule has 0 saturated heterocycles. The van der Waals surface area contributed by atoms with Crippen molar-refractivity contribution in [3.05, 3.63) is 206 Å². The van der Waals surface area contributed by atoms with E-state index in [0.29, 0.717) is 17.0 Å². The molecule has 0 spiro atoms. The molecule has 16 N–H and O–H groups in total. The number of hydrogen-bond acceptors (Lipinski definition) is 26. The van der Waals surface area contributed by atoms with Crippen molar-refractivity contribution in [1.82, 2.24) is 36.7 Å². The Bertz CT molecular complexity index is 4560. The minimum atomic E-state index is -1.06. The number of Topliss-reactive ketones (excluding diaryl/α,β-unsaturated/α-hetero) is 2. The third-order valence-corrected chi connectivity index (χ3v) is 14.7. The molecule has 131 heavy (non-hydrogen) atoms. The highest BCUT2D eigenvalue weighted by molar-refractivity contribution is 15.0. The minimum Gasteiger partial charge on any atom is -0.481 e. The molecule has 37 heteroatoms. The number of nitrogens with one attached hydrogen (secondary N) is 4. The Morgan fingerprint density at radius 2 is 0.779 bits per heavy atom. The van der Waals surface area contributed by atoms with Gasteiger partial charge in [-0.25, -0.2) is 29.1 Å². The van der Waals surface area contributed by atoms with Gasteiger partial charge in [-0.2, -0.15) is 4.99 Å². The number of ketones is 2. The Kier molecular flexibility index (Phi) is 63.4. The van der Waals surface area contributed by atoms with Gasteiger partial charge in [0.05, 0.1) is 66.4 Å². The number of aromatic amines is 2. The molecule has 0 fully saturated rings. The highest BCUT2D eigenvalue weighted by atomic mass is 128. The van der Waals surface area contributed by atoms with Crippen LogP contribution in [0, 0.1) is 19.3 Å². The van der Waals surface area contributed by atoms with E-state index in [1.54, 1.807) is 139 Å². The molecule has 1 aliphatic rings. The lowest BCUT2D eigenvalue weighted by molar-refractivity contribution is -0.460. The molecule has 2 aromatic heterocycles. The van der Waals surface area contributed by atoms with Crippen LogP contribution >= 0.6 is 48.8 Å². The van der Waals surface area contributed by atoms with Crippen LogP contribution in [0.25, 0.3) is 28.2 Å². The van der Waals surface area contributed by atoms with Crippen LogP contribution < -0.4 is 33.6 Å². The number of aliphatic carboxylic acids is 3. The zero-order valence-corrected chi connectivity index (χ0v) is 84.5. The van der Waals surface area contributed by atoms with Crippen molar-refractivity contribution in [2.75, 3.05) is 12.5 Å². The lowest BCUT2D eigenvalue weighted by Crippen LogP contribution is -2.84. The van der Waals surface area contributed by atoms with E-state index >= 15 is 0 Å². The number of aromatic nitrogens is 4. The van der Waals surface area contributed by atoms with Crippen molar-refractivity contribution in [2.45, 2.75) is 251 Å². The lowest BCUT2D eigenvalue weighted by Gasteiger charge is -2.21. The molecule has 8 rings (SSSR count). The topological polar surface area (TPSA) is 537 Å². The first-order chi connectivity index (χ1) is 59.1. The highest BCUT2D eigenvalue weighted by Gasteiger charge is 2.29. The quantitative estimate of drug-likeness (QED) is 0.00642. The maximum atomic E-state index is 11.8. The molecule has 6 unspecified atom stereocenters. The smallest absolute Gasteiger partial charge is 0.481 e. The molecule has 3 heterocycles. The minimum absolute atomic E-state index is 0. The number of aliphatic imine (C=N–C) groups is 1. The summed E-state index contributed by atoms with van der Waals surface area (Å²) in [6, 6.07) is 46.3. The van der Waals surface area contributed by atoms with E-state index in [9.17, 15) is 52.7 Å². The molecule has 0 bridgehead atoms. The van der Waals surface area contributed by atoms with Gasteiger partial charge < -0.3 is 98.9 Å². The van der Waals surface area contributed by atoms with Crippen LogP contribution in [-0.2, 0) is 66.7 Å². The number of quaternary nitrogens is 1. The van der Waals surface area contributed by atoms with E-state index in [4.69, 9.17) is 76.3 Å². The van der Waals surface area contributed by atoms with Crippen molar-refractivity contribution in [3.8, 4) is 22.5 Å². The van der Waals surface area contributed by atoms with Crippen LogP contribution in [0.5, 0.6) is 0 Å². The number of imidazole rings is 2. The summed E-state index contributed by atoms with van der Waals surface area (Å²) in [6.45, 7) is 42.4. The summed E-state index contributed by atoms with van der Waals surface area (Å²) in [4.78, 5) is 151. The number of amidine groups is 1. The van der Waals surface area contributed by atoms with Gasteiger partial charge in [-0.05, 0) is 163 Å². The van der Waals surface area contributed by atoms with Gasteiger partial charge in [-0.3, -0.25) is 43.7 Å². The van der Waals surface area contributed by atoms with E-state index in [1.807, 2.05) is 189 Å². The summed E-state index contributed by atoms with van der Waals surface area (Å²) in [5.41, 5.74) is 14.3. The number of ether oxygens (including phenoxy) is 8. The normalized spacial score (nSPS) is 12.3. The lowest BCUT2D eigenvalue weighted by atomic mass is 10.1. The number of benzene rings is 5. The van der Waals surface area contributed by atoms with E-state index < -0.39 is 112 Å². The molecule has 0 saturated carbocycles. The van der Waals surface area contributed by atoms with E-state index in [-0.39, 0.29) is 76.0 Å². The SMILES string of the molecule is C.CC(=O)O.CC(C)(C)OC(=O)OC(=O)OC(C)(C)C.CC(CC(=O)OC(C)(C)C)C(=O)O.CC(CC(=O)OC(C)(C)C)C(=O)OCC(=O)c1ccccc1.CC(N)C(=O)O.CC(N)c1ncc(-c2ccccc2)[nH]1.CC(NC(=O)OC(C)(C)C)C1=NC(c2ccccc2)=C[NH2+]1.CC(NC(=O)OC(C)(C)C)c1ncc(-c2ccccc2)[nH]1.II.N.O=C(CCl)c1ccccc1.[CH3-]. The Morgan fingerprint density at radius 1 is 0.466 bits per heavy atom. The molecule has 34 nitrogen and oxygen atoms in total. The van der Waals surface area contributed by atoms with E-state index in [0.717, 1.165) is 52.4 Å². The van der Waals surface area contributed by atoms with E-state index in [2.05, 4.69) is 77.5 Å². The summed E-state index contributed by atoms with van der Waals surface area (Å²) in [6.07, 6.45) is 2.38. The standard InChI is InChI=1S/C17H22O5.2C16H21N3O2.C11H13N3.C10H18O5.C9H16O4.C8H7ClO.C3H7NO2.C2H4O2.CH4.CH3.I2.H3N/c1-12(10-15(19)22-17(2,3)4)16(20)21-11-14(18)13-8-6-5-7-9-13;2*1-11(18-15(20)21-16(2,3)4)14-17-10-13(19-14)12-8-6-5-7-9-12;1-8(12)11-13-7-10(14-11)9-5-3-2-4-6-9;1-9(2,3)14-7(11)13-8(12)15-10(4,5)6;1-6(8(11)12)5-7(10)13-9(2,3)4;9-6-8(10)7-4-2-1-3-5-7;1-2(4)3(5)6;1-2(3)4;;;1-2;/h5-9,12H,10-11H2,1-4H3;2*5-11H,1-4H3,(H,17,19)(H,18,20);2-8H,12H2,1H3,(H,13,14);1-6H3;6H,5H2,1-4H3,(H,11,12);1-5H,6H2;2H,4H2,1H3,(H,5,6);1H3,(H,3,4);1H4;1H3;;1H3/q;;;;;;;;;;-1;;/p+1. The number of esters is 3. The zero-order chi connectivity index (χ0) is 98.7. The van der Waals surface area contributed by atoms with Crippen LogP contribution in [-0.4, -0.2) is 171 Å². The first-order valence-electron chi connectivity index (χ1n) is 40.3. The van der Waals surface area contributed by atoms with Gasteiger partial charge in [0.1, 0.15) is 69.2 Å². The molecule has 0 aliphatic carbocycles. The van der Waals surface area contributed by atoms with Crippen molar-refractivity contribution in [1.29, 1.82) is 0 Å². The largest absolute Gasteiger partial charge is 0.519 e. The van der Waals surface area contributed by atoms with Gasteiger partial charge in [-0.1, -0.05) is 173 Å². The van der Waals surface area contributed by atoms with Gasteiger partial charge >= 0.3 is 54.3 Å². The van der Waals surface area contributed by atoms with Crippen molar-refractivity contribution < 1.29 is 116 Å². The fraction of sp³-hybridized carbons (Fsp3) is 0.447. The number of nitrogens with zero attached hydrogens (tertiary/aromatic N) is 3. The second kappa shape index (κ2) is 64.7. The zero-order valence-electron chi connectivity index (χ0n) is 79.4. The molecule has 0 radical (unpaired) electrons. The number of nitrogens with two attached hydrogens (primary N) is 3. The Balaban J connectivity index is -0.000000465. The summed E-state index contributed by atoms with van der Waals surface area (Å²) >= 11 is 9.58. The van der Waals surface area contributed by atoms with Crippen molar-refractivity contribution in [3.63, 3.8) is 0 Å². The number of alkyl halides is 1. The maximum absolute atomic E-state index is 11.8. The third kappa shape index (κ3) is 66.1. The number of rotatable bonds is 20. The number of carboxylic acid groups (broad SMARTS) is 3. The molecule has 1 aliphatic heterocycles. The first-order valence-corrected chi connectivity index (χ1v) is 47.1. The van der Waals surface area contributed by atoms with E-state index in [1.165, 1.54) is 13.8 Å². The number of alkyl carbamates (subject to hydrolysis) is 2. The van der Waals surface area contributed by atoms with Crippen LogP contribution in [0.2, 0.25) is 0 Å². The Labute approximate surface area is 800 Å². The average molecular weight is 2080 g/mol. The van der Waals surface area contributed by atoms with Gasteiger partial charge in [0.15, 0.2) is 18.2 Å². The Morgan fingerprint density at radius 3 is 1.10 bits per heavy atom. The predicted molar refractivity (Wildman–Crippen MR) is 526 cm³/mol. The van der Waals surface area contributed by atoms with Crippen molar-refractivity contribution >= 4 is 132 Å². The second-order valence-electron chi connectivity index (χ2n) is 34.0. The van der Waals surface area contributed by atoms with Crippen molar-refractivity contribution in [2.24, 2.45) is 28.3 Å². The molecular weight excluding hydrogens is 1940 g/mol.